The largest absolute Gasteiger partial charge is 0.353 e. The number of amides is 1. The molecule has 0 aliphatic heterocycles. The molecule has 0 saturated carbocycles. The lowest BCUT2D eigenvalue weighted by atomic mass is 10.2. The number of hydrogen-bond acceptors (Lipinski definition) is 5. The number of thioether (sulfide) groups is 1. The highest BCUT2D eigenvalue weighted by molar-refractivity contribution is 7.99. The summed E-state index contributed by atoms with van der Waals surface area (Å²) in [4.78, 5) is 14.5. The van der Waals surface area contributed by atoms with Crippen molar-refractivity contribution in [3.05, 3.63) is 17.2 Å². The summed E-state index contributed by atoms with van der Waals surface area (Å²) in [6, 6.07) is 5.42. The maximum atomic E-state index is 11.7. The summed E-state index contributed by atoms with van der Waals surface area (Å²) in [6.45, 7) is 3.91. The topological polar surface area (TPSA) is 117 Å². The van der Waals surface area contributed by atoms with Crippen molar-refractivity contribution in [2.45, 2.75) is 31.3 Å². The van der Waals surface area contributed by atoms with Gasteiger partial charge in [0, 0.05) is 6.04 Å². The molecule has 4 N–H and O–H groups in total. The third kappa shape index (κ3) is 4.15. The van der Waals surface area contributed by atoms with E-state index < -0.39 is 0 Å². The third-order valence-electron chi connectivity index (χ3n) is 2.68. The van der Waals surface area contributed by atoms with Crippen molar-refractivity contribution in [1.82, 2.24) is 5.32 Å². The Labute approximate surface area is 122 Å². The third-order valence-corrected chi connectivity index (χ3v) is 3.70. The minimum absolute atomic E-state index is 0.107. The molecule has 0 radical (unpaired) electrons. The molecule has 1 aromatic heterocycles. The van der Waals surface area contributed by atoms with Gasteiger partial charge in [-0.1, -0.05) is 18.7 Å². The normalized spacial score (nSPS) is 11.2. The zero-order chi connectivity index (χ0) is 15.1. The van der Waals surface area contributed by atoms with E-state index in [2.05, 4.69) is 10.3 Å². The lowest BCUT2D eigenvalue weighted by molar-refractivity contribution is -0.410. The SMILES string of the molecule is CC[C@@H](C)NC(=O)CSc1[nH+]c(N)c(C#N)cc1C#N. The van der Waals surface area contributed by atoms with Crippen molar-refractivity contribution in [3.8, 4) is 12.1 Å². The van der Waals surface area contributed by atoms with Crippen molar-refractivity contribution < 1.29 is 9.78 Å². The number of carbonyl (C=O) groups excluding carboxylic acids is 1. The molecule has 7 heteroatoms. The fourth-order valence-corrected chi connectivity index (χ4v) is 2.19. The Balaban J connectivity index is 2.79. The van der Waals surface area contributed by atoms with Gasteiger partial charge in [0.15, 0.2) is 5.03 Å². The Kier molecular flexibility index (Phi) is 5.82. The molecule has 20 heavy (non-hydrogen) atoms. The van der Waals surface area contributed by atoms with E-state index in [1.807, 2.05) is 26.0 Å². The number of H-pyrrole nitrogens is 1. The monoisotopic (exact) mass is 290 g/mol. The molecule has 1 atom stereocenters. The van der Waals surface area contributed by atoms with Crippen molar-refractivity contribution >= 4 is 23.5 Å². The summed E-state index contributed by atoms with van der Waals surface area (Å²) < 4.78 is 0. The number of aromatic nitrogens is 1. The molecule has 0 aliphatic rings. The van der Waals surface area contributed by atoms with Gasteiger partial charge in [0.1, 0.15) is 23.3 Å². The molecule has 0 spiro atoms. The van der Waals surface area contributed by atoms with Gasteiger partial charge in [-0.25, -0.2) is 4.98 Å². The summed E-state index contributed by atoms with van der Waals surface area (Å²) in [5.41, 5.74) is 6.18. The molecular weight excluding hydrogens is 274 g/mol. The zero-order valence-corrected chi connectivity index (χ0v) is 12.2. The molecule has 104 valence electrons. The number of nitriles is 2. The molecule has 0 bridgehead atoms. The van der Waals surface area contributed by atoms with Gasteiger partial charge in [-0.15, -0.1) is 0 Å². The number of rotatable bonds is 5. The number of nitrogens with two attached hydrogens (primary N) is 1. The number of aromatic amines is 1. The first-order valence-electron chi connectivity index (χ1n) is 6.10. The van der Waals surface area contributed by atoms with Crippen LogP contribution in [0, 0.1) is 22.7 Å². The van der Waals surface area contributed by atoms with E-state index in [1.54, 1.807) is 0 Å². The average molecular weight is 290 g/mol. The van der Waals surface area contributed by atoms with Crippen LogP contribution < -0.4 is 16.0 Å². The van der Waals surface area contributed by atoms with Gasteiger partial charge in [0.05, 0.1) is 5.75 Å². The Morgan fingerprint density at radius 1 is 1.50 bits per heavy atom. The fourth-order valence-electron chi connectivity index (χ4n) is 1.39. The van der Waals surface area contributed by atoms with Crippen LogP contribution in [0.4, 0.5) is 5.82 Å². The standard InChI is InChI=1S/C13H15N5OS/c1-3-8(2)17-11(19)7-20-13-10(6-15)4-9(5-14)12(16)18-13/h4,8H,3,7H2,1-2H3,(H2,16,18)(H,17,19)/p+1/t8-/m1/s1. The predicted molar refractivity (Wildman–Crippen MR) is 75.5 cm³/mol. The molecule has 6 nitrogen and oxygen atoms in total. The molecule has 1 amide bonds. The number of nitrogens with zero attached hydrogens (tertiary/aromatic N) is 2. The van der Waals surface area contributed by atoms with Crippen molar-refractivity contribution in [2.75, 3.05) is 11.5 Å². The number of nitrogens with one attached hydrogen (secondary N) is 2. The smallest absolute Gasteiger partial charge is 0.289 e. The van der Waals surface area contributed by atoms with Gasteiger partial charge >= 0.3 is 0 Å². The Hall–Kier alpha value is -2.25. The molecule has 0 saturated heterocycles. The van der Waals surface area contributed by atoms with Crippen LogP contribution in [0.5, 0.6) is 0 Å². The predicted octanol–water partition coefficient (Wildman–Crippen LogP) is 0.833. The summed E-state index contributed by atoms with van der Waals surface area (Å²) in [5, 5.41) is 21.2. The van der Waals surface area contributed by atoms with E-state index in [-0.39, 0.29) is 29.1 Å². The highest BCUT2D eigenvalue weighted by atomic mass is 32.2. The van der Waals surface area contributed by atoms with E-state index in [4.69, 9.17) is 16.3 Å². The van der Waals surface area contributed by atoms with Crippen LogP contribution in [0.15, 0.2) is 11.1 Å². The highest BCUT2D eigenvalue weighted by Crippen LogP contribution is 2.20. The Morgan fingerprint density at radius 3 is 2.70 bits per heavy atom. The first kappa shape index (κ1) is 15.8. The van der Waals surface area contributed by atoms with Gasteiger partial charge in [0.25, 0.3) is 5.82 Å². The molecule has 0 fully saturated rings. The Bertz CT molecular complexity index is 588. The Morgan fingerprint density at radius 2 is 2.15 bits per heavy atom. The maximum absolute atomic E-state index is 11.7. The van der Waals surface area contributed by atoms with Crippen molar-refractivity contribution in [2.24, 2.45) is 0 Å². The quantitative estimate of drug-likeness (QED) is 0.779. The zero-order valence-electron chi connectivity index (χ0n) is 11.4. The van der Waals surface area contributed by atoms with Crippen LogP contribution in [0.2, 0.25) is 0 Å². The summed E-state index contributed by atoms with van der Waals surface area (Å²) in [5.74, 6) is 0.266. The van der Waals surface area contributed by atoms with E-state index in [9.17, 15) is 4.79 Å². The minimum Gasteiger partial charge on any atom is -0.353 e. The van der Waals surface area contributed by atoms with Crippen molar-refractivity contribution in [1.29, 1.82) is 10.5 Å². The van der Waals surface area contributed by atoms with E-state index >= 15 is 0 Å². The summed E-state index contributed by atoms with van der Waals surface area (Å²) >= 11 is 1.19. The van der Waals surface area contributed by atoms with E-state index in [0.29, 0.717) is 10.6 Å². The summed E-state index contributed by atoms with van der Waals surface area (Å²) in [6.07, 6.45) is 0.857. The number of hydrogen-bond donors (Lipinski definition) is 2. The number of carbonyl (C=O) groups is 1. The maximum Gasteiger partial charge on any atom is 0.289 e. The van der Waals surface area contributed by atoms with Gasteiger partial charge < -0.3 is 5.32 Å². The lowest BCUT2D eigenvalue weighted by Gasteiger charge is -2.10. The van der Waals surface area contributed by atoms with Crippen LogP contribution in [-0.4, -0.2) is 17.7 Å². The first-order chi connectivity index (χ1) is 9.51. The second-order valence-electron chi connectivity index (χ2n) is 4.23. The molecule has 1 rings (SSSR count). The van der Waals surface area contributed by atoms with Crippen molar-refractivity contribution in [3.63, 3.8) is 0 Å². The average Bonchev–Trinajstić information content (AvgIpc) is 2.44. The minimum atomic E-state index is -0.107. The van der Waals surface area contributed by atoms with Crippen LogP contribution in [0.25, 0.3) is 0 Å². The summed E-state index contributed by atoms with van der Waals surface area (Å²) in [7, 11) is 0. The van der Waals surface area contributed by atoms with Crippen LogP contribution >= 0.6 is 11.8 Å². The molecule has 0 unspecified atom stereocenters. The number of pyridine rings is 1. The second-order valence-corrected chi connectivity index (χ2v) is 5.21. The fraction of sp³-hybridized carbons (Fsp3) is 0.385. The molecule has 0 aliphatic carbocycles. The van der Waals surface area contributed by atoms with E-state index in [1.165, 1.54) is 17.8 Å². The number of anilines is 1. The van der Waals surface area contributed by atoms with Crippen LogP contribution in [-0.2, 0) is 4.79 Å². The van der Waals surface area contributed by atoms with Gasteiger partial charge in [-0.05, 0) is 19.4 Å². The van der Waals surface area contributed by atoms with Crippen LogP contribution in [0.3, 0.4) is 0 Å². The van der Waals surface area contributed by atoms with Crippen LogP contribution in [0.1, 0.15) is 31.4 Å². The number of nitrogen functional groups attached to an aromatic ring is 1. The molecule has 1 heterocycles. The molecule has 1 aromatic rings. The van der Waals surface area contributed by atoms with Gasteiger partial charge in [-0.2, -0.15) is 10.5 Å². The second kappa shape index (κ2) is 7.37. The van der Waals surface area contributed by atoms with E-state index in [0.717, 1.165) is 6.42 Å². The first-order valence-corrected chi connectivity index (χ1v) is 7.08. The highest BCUT2D eigenvalue weighted by Gasteiger charge is 2.16. The molecule has 0 aromatic carbocycles. The van der Waals surface area contributed by atoms with Gasteiger partial charge in [0.2, 0.25) is 5.91 Å². The lowest BCUT2D eigenvalue weighted by Crippen LogP contribution is -2.33. The molecular formula is C13H16N5OS+. The van der Waals surface area contributed by atoms with Gasteiger partial charge in [-0.3, -0.25) is 10.5 Å².